The summed E-state index contributed by atoms with van der Waals surface area (Å²) in [6, 6.07) is 6.57. The molecule has 1 aromatic carbocycles. The second-order valence-corrected chi connectivity index (χ2v) is 6.35. The lowest BCUT2D eigenvalue weighted by atomic mass is 10.0. The highest BCUT2D eigenvalue weighted by atomic mass is 16.2. The van der Waals surface area contributed by atoms with Crippen LogP contribution < -0.4 is 5.32 Å². The van der Waals surface area contributed by atoms with Crippen molar-refractivity contribution >= 4 is 17.6 Å². The molecule has 0 spiro atoms. The number of hydrogen-bond donors (Lipinski definition) is 1. The number of hydrogen-bond acceptors (Lipinski definition) is 5. The van der Waals surface area contributed by atoms with E-state index in [1.165, 1.54) is 11.0 Å². The van der Waals surface area contributed by atoms with Crippen molar-refractivity contribution in [3.63, 3.8) is 0 Å². The molecule has 2 aromatic rings. The van der Waals surface area contributed by atoms with E-state index < -0.39 is 6.04 Å². The first-order valence-corrected chi connectivity index (χ1v) is 8.76. The minimum atomic E-state index is -0.406. The predicted molar refractivity (Wildman–Crippen MR) is 95.8 cm³/mol. The number of carbonyl (C=O) groups is 2. The molecule has 0 radical (unpaired) electrons. The lowest BCUT2D eigenvalue weighted by Crippen LogP contribution is -2.58. The van der Waals surface area contributed by atoms with Gasteiger partial charge in [-0.1, -0.05) is 25.8 Å². The molecule has 1 aliphatic rings. The van der Waals surface area contributed by atoms with Gasteiger partial charge in [-0.25, -0.2) is 9.48 Å². The Hall–Kier alpha value is -2.97. The minimum Gasteiger partial charge on any atom is -0.342 e. The third-order valence-corrected chi connectivity index (χ3v) is 4.52. The molecular weight excluding hydrogens is 334 g/mol. The molecule has 0 aliphatic carbocycles. The van der Waals surface area contributed by atoms with Gasteiger partial charge in [-0.3, -0.25) is 4.79 Å². The van der Waals surface area contributed by atoms with E-state index >= 15 is 0 Å². The first kappa shape index (κ1) is 17.8. The largest absolute Gasteiger partial charge is 0.342 e. The van der Waals surface area contributed by atoms with Gasteiger partial charge in [-0.15, -0.1) is 5.10 Å². The van der Waals surface area contributed by atoms with Crippen LogP contribution in [0.5, 0.6) is 0 Å². The molecule has 9 heteroatoms. The maximum absolute atomic E-state index is 12.8. The van der Waals surface area contributed by atoms with Crippen molar-refractivity contribution in [2.24, 2.45) is 0 Å². The normalized spacial score (nSPS) is 17.5. The molecule has 9 nitrogen and oxygen atoms in total. The van der Waals surface area contributed by atoms with E-state index in [1.807, 2.05) is 12.1 Å². The van der Waals surface area contributed by atoms with Crippen LogP contribution in [0.2, 0.25) is 0 Å². The number of piperazine rings is 1. The number of carbonyl (C=O) groups excluding carboxylic acids is 2. The Balaban J connectivity index is 1.74. The highest BCUT2D eigenvalue weighted by Gasteiger charge is 2.35. The average Bonchev–Trinajstić information content (AvgIpc) is 3.18. The summed E-state index contributed by atoms with van der Waals surface area (Å²) in [4.78, 5) is 28.6. The SMILES string of the molecule is CCCCC1C(=O)N(C)CCN1C(=O)Nc1cccc(-n2cnnn2)c1. The molecule has 0 saturated carbocycles. The summed E-state index contributed by atoms with van der Waals surface area (Å²) in [5, 5.41) is 14.0. The van der Waals surface area contributed by atoms with E-state index in [0.717, 1.165) is 18.5 Å². The topological polar surface area (TPSA) is 96.2 Å². The molecule has 1 aliphatic heterocycles. The molecule has 1 fully saturated rings. The van der Waals surface area contributed by atoms with Crippen molar-refractivity contribution in [3.8, 4) is 5.69 Å². The van der Waals surface area contributed by atoms with Crippen molar-refractivity contribution in [1.82, 2.24) is 30.0 Å². The Kier molecular flexibility index (Phi) is 5.45. The van der Waals surface area contributed by atoms with Gasteiger partial charge in [-0.2, -0.15) is 0 Å². The van der Waals surface area contributed by atoms with E-state index in [1.54, 1.807) is 29.0 Å². The predicted octanol–water partition coefficient (Wildman–Crippen LogP) is 1.53. The first-order valence-electron chi connectivity index (χ1n) is 8.76. The Morgan fingerprint density at radius 3 is 2.92 bits per heavy atom. The molecule has 26 heavy (non-hydrogen) atoms. The van der Waals surface area contributed by atoms with Crippen LogP contribution in [0, 0.1) is 0 Å². The molecule has 1 saturated heterocycles. The van der Waals surface area contributed by atoms with Crippen molar-refractivity contribution in [3.05, 3.63) is 30.6 Å². The second kappa shape index (κ2) is 7.94. The van der Waals surface area contributed by atoms with E-state index in [2.05, 4.69) is 27.8 Å². The van der Waals surface area contributed by atoms with Gasteiger partial charge in [0.15, 0.2) is 0 Å². The fourth-order valence-corrected chi connectivity index (χ4v) is 3.03. The zero-order chi connectivity index (χ0) is 18.5. The number of anilines is 1. The summed E-state index contributed by atoms with van der Waals surface area (Å²) in [6.45, 7) is 3.14. The van der Waals surface area contributed by atoms with Crippen molar-refractivity contribution < 1.29 is 9.59 Å². The van der Waals surface area contributed by atoms with Gasteiger partial charge in [0.1, 0.15) is 12.4 Å². The number of tetrazole rings is 1. The van der Waals surface area contributed by atoms with Crippen LogP contribution in [-0.4, -0.2) is 68.1 Å². The molecule has 1 N–H and O–H groups in total. The molecule has 1 atom stereocenters. The average molecular weight is 357 g/mol. The summed E-state index contributed by atoms with van der Waals surface area (Å²) in [7, 11) is 1.78. The monoisotopic (exact) mass is 357 g/mol. The summed E-state index contributed by atoms with van der Waals surface area (Å²) in [6.07, 6.45) is 4.05. The van der Waals surface area contributed by atoms with Gasteiger partial charge in [0.2, 0.25) is 5.91 Å². The minimum absolute atomic E-state index is 0.00212. The lowest BCUT2D eigenvalue weighted by molar-refractivity contribution is -0.138. The Labute approximate surface area is 152 Å². The van der Waals surface area contributed by atoms with Crippen LogP contribution in [-0.2, 0) is 4.79 Å². The van der Waals surface area contributed by atoms with Crippen molar-refractivity contribution in [1.29, 1.82) is 0 Å². The van der Waals surface area contributed by atoms with Gasteiger partial charge in [0.25, 0.3) is 0 Å². The van der Waals surface area contributed by atoms with E-state index in [-0.39, 0.29) is 11.9 Å². The number of nitrogens with zero attached hydrogens (tertiary/aromatic N) is 6. The van der Waals surface area contributed by atoms with Gasteiger partial charge < -0.3 is 15.1 Å². The van der Waals surface area contributed by atoms with Crippen LogP contribution >= 0.6 is 0 Å². The summed E-state index contributed by atoms with van der Waals surface area (Å²) >= 11 is 0. The van der Waals surface area contributed by atoms with Gasteiger partial charge in [0, 0.05) is 25.8 Å². The molecule has 3 amide bonds. The summed E-state index contributed by atoms with van der Waals surface area (Å²) in [5.74, 6) is 0.00212. The van der Waals surface area contributed by atoms with E-state index in [4.69, 9.17) is 0 Å². The zero-order valence-electron chi connectivity index (χ0n) is 15.0. The third kappa shape index (κ3) is 3.81. The molecule has 138 valence electrons. The quantitative estimate of drug-likeness (QED) is 0.875. The number of aromatic nitrogens is 4. The zero-order valence-corrected chi connectivity index (χ0v) is 15.0. The van der Waals surface area contributed by atoms with E-state index in [9.17, 15) is 9.59 Å². The van der Waals surface area contributed by atoms with Gasteiger partial charge in [0.05, 0.1) is 5.69 Å². The van der Waals surface area contributed by atoms with Crippen LogP contribution in [0.1, 0.15) is 26.2 Å². The smallest absolute Gasteiger partial charge is 0.322 e. The number of nitrogens with one attached hydrogen (secondary N) is 1. The highest BCUT2D eigenvalue weighted by Crippen LogP contribution is 2.19. The fourth-order valence-electron chi connectivity index (χ4n) is 3.03. The van der Waals surface area contributed by atoms with Crippen molar-refractivity contribution in [2.75, 3.05) is 25.5 Å². The van der Waals surface area contributed by atoms with Crippen molar-refractivity contribution in [2.45, 2.75) is 32.2 Å². The van der Waals surface area contributed by atoms with Gasteiger partial charge in [-0.05, 0) is 35.0 Å². The summed E-state index contributed by atoms with van der Waals surface area (Å²) < 4.78 is 1.51. The maximum Gasteiger partial charge on any atom is 0.322 e. The second-order valence-electron chi connectivity index (χ2n) is 6.35. The molecule has 1 unspecified atom stereocenters. The molecule has 3 rings (SSSR count). The van der Waals surface area contributed by atoms with Gasteiger partial charge >= 0.3 is 6.03 Å². The number of amides is 3. The molecule has 0 bridgehead atoms. The van der Waals surface area contributed by atoms with Crippen LogP contribution in [0.25, 0.3) is 5.69 Å². The van der Waals surface area contributed by atoms with Crippen LogP contribution in [0.15, 0.2) is 30.6 Å². The first-order chi connectivity index (χ1) is 12.6. The lowest BCUT2D eigenvalue weighted by Gasteiger charge is -2.39. The number of rotatable bonds is 5. The van der Waals surface area contributed by atoms with Crippen LogP contribution in [0.4, 0.5) is 10.5 Å². The standard InChI is InChI=1S/C17H23N7O2/c1-3-4-8-15-16(25)22(2)9-10-23(15)17(26)19-13-6-5-7-14(11-13)24-12-18-20-21-24/h5-7,11-12,15H,3-4,8-10H2,1-2H3,(H,19,26). The molecule has 2 heterocycles. The third-order valence-electron chi connectivity index (χ3n) is 4.52. The number of benzene rings is 1. The number of urea groups is 1. The molecule has 1 aromatic heterocycles. The Morgan fingerprint density at radius 1 is 1.35 bits per heavy atom. The molecular formula is C17H23N7O2. The number of likely N-dealkylation sites (N-methyl/N-ethyl adjacent to an activating group) is 1. The number of unbranched alkanes of at least 4 members (excludes halogenated alkanes) is 1. The Bertz CT molecular complexity index is 762. The summed E-state index contributed by atoms with van der Waals surface area (Å²) in [5.41, 5.74) is 1.37. The maximum atomic E-state index is 12.8. The fraction of sp³-hybridized carbons (Fsp3) is 0.471. The van der Waals surface area contributed by atoms with Crippen LogP contribution in [0.3, 0.4) is 0 Å². The highest BCUT2D eigenvalue weighted by molar-refractivity contribution is 5.94. The van der Waals surface area contributed by atoms with E-state index in [0.29, 0.717) is 25.2 Å². The Morgan fingerprint density at radius 2 is 2.19 bits per heavy atom.